The molecule has 4 nitrogen and oxygen atoms in total. The number of nitrogens with zero attached hydrogens (tertiary/aromatic N) is 3. The summed E-state index contributed by atoms with van der Waals surface area (Å²) in [6, 6.07) is 27.2. The van der Waals surface area contributed by atoms with Crippen LogP contribution in [0, 0.1) is 17.7 Å². The molecule has 0 saturated carbocycles. The second kappa shape index (κ2) is 10.4. The van der Waals surface area contributed by atoms with Gasteiger partial charge in [-0.3, -0.25) is 4.79 Å². The number of rotatable bonds is 7. The predicted octanol–water partition coefficient (Wildman–Crippen LogP) is 6.90. The Bertz CT molecular complexity index is 1410. The first-order valence-corrected chi connectivity index (χ1v) is 13.5. The molecule has 38 heavy (non-hydrogen) atoms. The van der Waals surface area contributed by atoms with E-state index >= 15 is 0 Å². The van der Waals surface area contributed by atoms with Gasteiger partial charge < -0.3 is 4.90 Å². The van der Waals surface area contributed by atoms with Crippen LogP contribution >= 0.6 is 0 Å². The van der Waals surface area contributed by atoms with Crippen LogP contribution in [0.1, 0.15) is 37.3 Å². The summed E-state index contributed by atoms with van der Waals surface area (Å²) >= 11 is 0. The van der Waals surface area contributed by atoms with Crippen LogP contribution in [0.25, 0.3) is 0 Å². The Kier molecular flexibility index (Phi) is 6.67. The van der Waals surface area contributed by atoms with E-state index in [2.05, 4.69) is 54.3 Å². The lowest BCUT2D eigenvalue weighted by atomic mass is 9.82. The van der Waals surface area contributed by atoms with Crippen molar-refractivity contribution in [2.75, 3.05) is 11.6 Å². The van der Waals surface area contributed by atoms with Gasteiger partial charge >= 0.3 is 0 Å². The molecule has 3 aliphatic rings. The van der Waals surface area contributed by atoms with Crippen molar-refractivity contribution < 1.29 is 9.18 Å². The molecule has 0 aromatic heterocycles. The largest absolute Gasteiger partial charge is 0.338 e. The molecule has 2 aliphatic carbocycles. The molecule has 2 atom stereocenters. The highest BCUT2D eigenvalue weighted by Gasteiger charge is 2.41. The molecule has 0 saturated heterocycles. The summed E-state index contributed by atoms with van der Waals surface area (Å²) in [5, 5.41) is 6.77. The monoisotopic (exact) mass is 505 g/mol. The van der Waals surface area contributed by atoms with Gasteiger partial charge in [0.15, 0.2) is 0 Å². The number of anilines is 1. The van der Waals surface area contributed by atoms with Gasteiger partial charge in [0.05, 0.1) is 17.3 Å². The molecule has 6 rings (SSSR count). The number of carbonyl (C=O) groups excluding carboxylic acids is 1. The maximum absolute atomic E-state index is 14.1. The molecular weight excluding hydrogens is 473 g/mol. The van der Waals surface area contributed by atoms with Crippen molar-refractivity contribution >= 4 is 17.3 Å². The molecule has 0 spiro atoms. The van der Waals surface area contributed by atoms with E-state index in [1.54, 1.807) is 12.1 Å². The fraction of sp³-hybridized carbons (Fsp3) is 0.273. The first-order valence-electron chi connectivity index (χ1n) is 13.5. The second-order valence-corrected chi connectivity index (χ2v) is 10.5. The average Bonchev–Trinajstić information content (AvgIpc) is 3.51. The number of benzene rings is 3. The van der Waals surface area contributed by atoms with Gasteiger partial charge in [0, 0.05) is 24.7 Å². The summed E-state index contributed by atoms with van der Waals surface area (Å²) in [7, 11) is 0. The number of hydrogen-bond donors (Lipinski definition) is 0. The summed E-state index contributed by atoms with van der Waals surface area (Å²) in [6.07, 6.45) is 5.65. The zero-order valence-electron chi connectivity index (χ0n) is 21.7. The van der Waals surface area contributed by atoms with Gasteiger partial charge in [-0.15, -0.1) is 0 Å². The number of carbonyl (C=O) groups is 1. The van der Waals surface area contributed by atoms with Crippen molar-refractivity contribution in [2.45, 2.75) is 39.2 Å². The Hall–Kier alpha value is -3.99. The van der Waals surface area contributed by atoms with E-state index in [0.29, 0.717) is 13.1 Å². The van der Waals surface area contributed by atoms with Gasteiger partial charge in [-0.1, -0.05) is 66.2 Å². The van der Waals surface area contributed by atoms with Gasteiger partial charge in [0.2, 0.25) is 5.91 Å². The number of hydrazone groups is 1. The van der Waals surface area contributed by atoms with Crippen LogP contribution in [0.5, 0.6) is 0 Å². The Labute approximate surface area is 223 Å². The van der Waals surface area contributed by atoms with E-state index in [1.165, 1.54) is 28.8 Å². The zero-order chi connectivity index (χ0) is 26.1. The van der Waals surface area contributed by atoms with Gasteiger partial charge in [-0.2, -0.15) is 5.10 Å². The van der Waals surface area contributed by atoms with Crippen molar-refractivity contribution in [2.24, 2.45) is 16.9 Å². The molecular formula is C33H32FN3O. The van der Waals surface area contributed by atoms with E-state index in [-0.39, 0.29) is 23.6 Å². The summed E-state index contributed by atoms with van der Waals surface area (Å²) in [6.45, 7) is 3.37. The predicted molar refractivity (Wildman–Crippen MR) is 150 cm³/mol. The van der Waals surface area contributed by atoms with Crippen molar-refractivity contribution in [3.63, 3.8) is 0 Å². The van der Waals surface area contributed by atoms with Gasteiger partial charge in [-0.05, 0) is 79.6 Å². The number of halogens is 1. The molecule has 2 unspecified atom stereocenters. The maximum Gasteiger partial charge on any atom is 0.230 e. The highest BCUT2D eigenvalue weighted by Crippen LogP contribution is 2.47. The van der Waals surface area contributed by atoms with Crippen LogP contribution in [0.4, 0.5) is 10.1 Å². The Balaban J connectivity index is 1.25. The van der Waals surface area contributed by atoms with Gasteiger partial charge in [-0.25, -0.2) is 9.40 Å². The average molecular weight is 506 g/mol. The molecule has 3 aromatic carbocycles. The third-order valence-corrected chi connectivity index (χ3v) is 8.06. The number of fused-ring (bicyclic) bond motifs is 1. The van der Waals surface area contributed by atoms with Crippen LogP contribution in [0.15, 0.2) is 113 Å². The first-order chi connectivity index (χ1) is 18.6. The highest BCUT2D eigenvalue weighted by molar-refractivity contribution is 5.94. The number of allylic oxidation sites excluding steroid dienone is 3. The third kappa shape index (κ3) is 4.81. The SMILES string of the molecule is CC1=NN(c2ccc(F)cc2)C2=CC3=C(CC21)C(C(=O)N(CCc1ccccc1)Cc1ccccc1)CC3. The smallest absolute Gasteiger partial charge is 0.230 e. The van der Waals surface area contributed by atoms with Gasteiger partial charge in [0.1, 0.15) is 5.82 Å². The lowest BCUT2D eigenvalue weighted by Crippen LogP contribution is -2.37. The van der Waals surface area contributed by atoms with Gasteiger partial charge in [0.25, 0.3) is 0 Å². The molecule has 0 bridgehead atoms. The minimum atomic E-state index is -0.253. The zero-order valence-corrected chi connectivity index (χ0v) is 21.7. The quantitative estimate of drug-likeness (QED) is 0.350. The molecule has 0 fully saturated rings. The van der Waals surface area contributed by atoms with E-state index < -0.39 is 0 Å². The molecule has 192 valence electrons. The standard InChI is InChI=1S/C33H32FN3O/c1-23-30-21-31-26(20-32(30)37(35-23)28-15-13-27(34)14-16-28)12-17-29(31)33(38)36(22-25-10-6-3-7-11-25)19-18-24-8-4-2-5-9-24/h2-11,13-16,20,29-30H,12,17-19,21-22H2,1H3. The fourth-order valence-electron chi connectivity index (χ4n) is 6.02. The summed E-state index contributed by atoms with van der Waals surface area (Å²) in [4.78, 5) is 16.2. The van der Waals surface area contributed by atoms with Crippen LogP contribution in [-0.2, 0) is 17.8 Å². The molecule has 0 radical (unpaired) electrons. The normalized spacial score (nSPS) is 20.1. The first kappa shape index (κ1) is 24.4. The van der Waals surface area contributed by atoms with Crippen LogP contribution in [-0.4, -0.2) is 23.1 Å². The Morgan fingerprint density at radius 3 is 2.37 bits per heavy atom. The Morgan fingerprint density at radius 2 is 1.66 bits per heavy atom. The van der Waals surface area contributed by atoms with E-state index in [1.807, 2.05) is 29.3 Å². The van der Waals surface area contributed by atoms with Crippen LogP contribution in [0.3, 0.4) is 0 Å². The van der Waals surface area contributed by atoms with Crippen molar-refractivity contribution in [1.82, 2.24) is 4.90 Å². The summed E-state index contributed by atoms with van der Waals surface area (Å²) in [5.74, 6) is 0.0425. The highest BCUT2D eigenvalue weighted by atomic mass is 19.1. The van der Waals surface area contributed by atoms with Crippen molar-refractivity contribution in [1.29, 1.82) is 0 Å². The fourth-order valence-corrected chi connectivity index (χ4v) is 6.02. The van der Waals surface area contributed by atoms with Crippen molar-refractivity contribution in [3.8, 4) is 0 Å². The summed E-state index contributed by atoms with van der Waals surface area (Å²) < 4.78 is 13.5. The molecule has 5 heteroatoms. The molecule has 3 aromatic rings. The number of hydrogen-bond acceptors (Lipinski definition) is 3. The van der Waals surface area contributed by atoms with Crippen LogP contribution in [0.2, 0.25) is 0 Å². The summed E-state index contributed by atoms with van der Waals surface area (Å²) in [5.41, 5.74) is 7.98. The van der Waals surface area contributed by atoms with E-state index in [0.717, 1.165) is 48.3 Å². The lowest BCUT2D eigenvalue weighted by molar-refractivity contribution is -0.135. The Morgan fingerprint density at radius 1 is 0.974 bits per heavy atom. The maximum atomic E-state index is 14.1. The topological polar surface area (TPSA) is 35.9 Å². The van der Waals surface area contributed by atoms with Crippen LogP contribution < -0.4 is 5.01 Å². The minimum absolute atomic E-state index is 0.0880. The number of amides is 1. The third-order valence-electron chi connectivity index (χ3n) is 8.06. The molecule has 1 aliphatic heterocycles. The minimum Gasteiger partial charge on any atom is -0.338 e. The van der Waals surface area contributed by atoms with E-state index in [4.69, 9.17) is 5.10 Å². The molecule has 1 amide bonds. The molecule has 0 N–H and O–H groups in total. The second-order valence-electron chi connectivity index (χ2n) is 10.5. The molecule has 1 heterocycles. The van der Waals surface area contributed by atoms with E-state index in [9.17, 15) is 9.18 Å². The van der Waals surface area contributed by atoms with Crippen molar-refractivity contribution in [3.05, 3.63) is 125 Å². The lowest BCUT2D eigenvalue weighted by Gasteiger charge is -2.30.